The Bertz CT molecular complexity index is 915. The zero-order valence-corrected chi connectivity index (χ0v) is 18.3. The highest BCUT2D eigenvalue weighted by Gasteiger charge is 2.25. The summed E-state index contributed by atoms with van der Waals surface area (Å²) in [5, 5.41) is 2.69. The molecule has 1 N–H and O–H groups in total. The summed E-state index contributed by atoms with van der Waals surface area (Å²) in [5.41, 5.74) is 0.529. The zero-order chi connectivity index (χ0) is 22.0. The lowest BCUT2D eigenvalue weighted by Gasteiger charge is -2.20. The highest BCUT2D eigenvalue weighted by Crippen LogP contribution is 2.20. The van der Waals surface area contributed by atoms with E-state index in [1.54, 1.807) is 43.3 Å². The second kappa shape index (κ2) is 11.5. The molecule has 0 aliphatic rings. The number of likely N-dealkylation sites (N-methyl/N-ethyl adjacent to an activating group) is 1. The number of carbonyl (C=O) groups is 1. The molecule has 0 aliphatic carbocycles. The van der Waals surface area contributed by atoms with Crippen LogP contribution in [0.5, 0.6) is 11.5 Å². The molecule has 164 valence electrons. The minimum atomic E-state index is -3.83. The molecular formula is C21H28N2O6S. The molecule has 0 aliphatic heterocycles. The predicted molar refractivity (Wildman–Crippen MR) is 114 cm³/mol. The van der Waals surface area contributed by atoms with Crippen LogP contribution in [0.3, 0.4) is 0 Å². The van der Waals surface area contributed by atoms with Crippen molar-refractivity contribution in [2.24, 2.45) is 0 Å². The molecule has 30 heavy (non-hydrogen) atoms. The van der Waals surface area contributed by atoms with Crippen LogP contribution in [0.25, 0.3) is 0 Å². The minimum Gasteiger partial charge on any atom is -0.497 e. The van der Waals surface area contributed by atoms with Crippen LogP contribution >= 0.6 is 0 Å². The fourth-order valence-corrected chi connectivity index (χ4v) is 4.05. The first kappa shape index (κ1) is 23.7. The number of nitrogens with one attached hydrogen (secondary N) is 1. The Morgan fingerprint density at radius 2 is 1.77 bits per heavy atom. The first-order chi connectivity index (χ1) is 14.4. The van der Waals surface area contributed by atoms with Gasteiger partial charge in [0, 0.05) is 24.9 Å². The molecule has 0 bridgehead atoms. The fraction of sp³-hybridized carbons (Fsp3) is 0.381. The maximum absolute atomic E-state index is 12.9. The Balaban J connectivity index is 2.02. The number of hydrogen-bond donors (Lipinski definition) is 1. The molecule has 0 unspecified atom stereocenters. The van der Waals surface area contributed by atoms with Gasteiger partial charge in [-0.1, -0.05) is 13.0 Å². The number of rotatable bonds is 12. The van der Waals surface area contributed by atoms with E-state index < -0.39 is 15.9 Å². The van der Waals surface area contributed by atoms with Crippen molar-refractivity contribution in [2.75, 3.05) is 45.3 Å². The first-order valence-electron chi connectivity index (χ1n) is 9.65. The van der Waals surface area contributed by atoms with Gasteiger partial charge >= 0.3 is 0 Å². The van der Waals surface area contributed by atoms with E-state index in [4.69, 9.17) is 14.2 Å². The monoisotopic (exact) mass is 436 g/mol. The molecule has 2 aromatic carbocycles. The van der Waals surface area contributed by atoms with Crippen LogP contribution in [0.15, 0.2) is 53.4 Å². The number of carbonyl (C=O) groups excluding carboxylic acids is 1. The molecule has 0 heterocycles. The number of methoxy groups -OCH3 is 1. The summed E-state index contributed by atoms with van der Waals surface area (Å²) in [6.45, 7) is 4.88. The number of sulfonamides is 1. The molecule has 1 amide bonds. The van der Waals surface area contributed by atoms with Crippen LogP contribution in [0.2, 0.25) is 0 Å². The number of ether oxygens (including phenoxy) is 3. The third kappa shape index (κ3) is 6.72. The third-order valence-corrected chi connectivity index (χ3v) is 6.12. The number of benzene rings is 2. The summed E-state index contributed by atoms with van der Waals surface area (Å²) >= 11 is 0. The van der Waals surface area contributed by atoms with Crippen molar-refractivity contribution >= 4 is 21.6 Å². The van der Waals surface area contributed by atoms with E-state index in [0.717, 1.165) is 4.31 Å². The largest absolute Gasteiger partial charge is 0.497 e. The first-order valence-corrected chi connectivity index (χ1v) is 11.1. The van der Waals surface area contributed by atoms with Crippen LogP contribution in [-0.2, 0) is 19.6 Å². The van der Waals surface area contributed by atoms with E-state index in [1.165, 1.54) is 19.2 Å². The third-order valence-electron chi connectivity index (χ3n) is 4.19. The molecule has 0 spiro atoms. The van der Waals surface area contributed by atoms with Crippen LogP contribution in [0.1, 0.15) is 13.8 Å². The summed E-state index contributed by atoms with van der Waals surface area (Å²) in [5.74, 6) is 0.702. The van der Waals surface area contributed by atoms with Crippen molar-refractivity contribution in [3.05, 3.63) is 48.5 Å². The quantitative estimate of drug-likeness (QED) is 0.514. The van der Waals surface area contributed by atoms with Gasteiger partial charge in [0.25, 0.3) is 0 Å². The van der Waals surface area contributed by atoms with Crippen LogP contribution in [0.4, 0.5) is 5.69 Å². The maximum atomic E-state index is 12.9. The minimum absolute atomic E-state index is 0.0932. The lowest BCUT2D eigenvalue weighted by Crippen LogP contribution is -2.37. The van der Waals surface area contributed by atoms with E-state index in [2.05, 4.69) is 5.32 Å². The van der Waals surface area contributed by atoms with Crippen LogP contribution in [-0.4, -0.2) is 58.7 Å². The van der Waals surface area contributed by atoms with Gasteiger partial charge in [0.05, 0.1) is 25.2 Å². The highest BCUT2D eigenvalue weighted by molar-refractivity contribution is 7.89. The predicted octanol–water partition coefficient (Wildman–Crippen LogP) is 2.76. The van der Waals surface area contributed by atoms with E-state index >= 15 is 0 Å². The molecule has 0 saturated heterocycles. The Kier molecular flexibility index (Phi) is 9.10. The van der Waals surface area contributed by atoms with Crippen molar-refractivity contribution in [3.8, 4) is 11.5 Å². The number of nitrogens with zero attached hydrogens (tertiary/aromatic N) is 1. The average molecular weight is 437 g/mol. The molecule has 0 radical (unpaired) electrons. The van der Waals surface area contributed by atoms with Gasteiger partial charge in [-0.05, 0) is 43.3 Å². The van der Waals surface area contributed by atoms with Gasteiger partial charge in [0.15, 0.2) is 0 Å². The van der Waals surface area contributed by atoms with Crippen LogP contribution in [0, 0.1) is 0 Å². The van der Waals surface area contributed by atoms with Gasteiger partial charge in [0.1, 0.15) is 18.1 Å². The topological polar surface area (TPSA) is 94.2 Å². The van der Waals surface area contributed by atoms with E-state index in [-0.39, 0.29) is 18.0 Å². The smallest absolute Gasteiger partial charge is 0.243 e. The molecule has 0 saturated carbocycles. The summed E-state index contributed by atoms with van der Waals surface area (Å²) in [7, 11) is -2.30. The van der Waals surface area contributed by atoms with Crippen molar-refractivity contribution in [1.29, 1.82) is 0 Å². The Morgan fingerprint density at radius 3 is 2.40 bits per heavy atom. The van der Waals surface area contributed by atoms with Gasteiger partial charge < -0.3 is 19.5 Å². The lowest BCUT2D eigenvalue weighted by atomic mass is 10.3. The molecular weight excluding hydrogens is 408 g/mol. The number of hydrogen-bond acceptors (Lipinski definition) is 6. The summed E-state index contributed by atoms with van der Waals surface area (Å²) < 4.78 is 42.8. The van der Waals surface area contributed by atoms with Gasteiger partial charge in [-0.25, -0.2) is 8.42 Å². The van der Waals surface area contributed by atoms with Gasteiger partial charge in [-0.2, -0.15) is 4.31 Å². The Hall–Kier alpha value is -2.62. The van der Waals surface area contributed by atoms with Crippen molar-refractivity contribution in [3.63, 3.8) is 0 Å². The van der Waals surface area contributed by atoms with Gasteiger partial charge in [-0.15, -0.1) is 0 Å². The zero-order valence-electron chi connectivity index (χ0n) is 17.5. The van der Waals surface area contributed by atoms with Gasteiger partial charge in [-0.3, -0.25) is 4.79 Å². The van der Waals surface area contributed by atoms with Crippen molar-refractivity contribution in [1.82, 2.24) is 4.31 Å². The Labute approximate surface area is 177 Å². The summed E-state index contributed by atoms with van der Waals surface area (Å²) in [6, 6.07) is 13.0. The standard InChI is InChI=1S/C21H28N2O6S/c1-4-23(16-21(24)22-17-7-6-8-19(15-17)27-3)30(25,26)20-11-9-18(10-12-20)29-14-13-28-5-2/h6-12,15H,4-5,13-14,16H2,1-3H3,(H,22,24). The average Bonchev–Trinajstić information content (AvgIpc) is 2.75. The number of amides is 1. The van der Waals surface area contributed by atoms with Gasteiger partial charge in [0.2, 0.25) is 15.9 Å². The SMILES string of the molecule is CCOCCOc1ccc(S(=O)(=O)N(CC)CC(=O)Nc2cccc(OC)c2)cc1. The lowest BCUT2D eigenvalue weighted by molar-refractivity contribution is -0.116. The van der Waals surface area contributed by atoms with Crippen molar-refractivity contribution in [2.45, 2.75) is 18.7 Å². The molecule has 0 aromatic heterocycles. The molecule has 8 nitrogen and oxygen atoms in total. The summed E-state index contributed by atoms with van der Waals surface area (Å²) in [4.78, 5) is 12.5. The van der Waals surface area contributed by atoms with E-state index in [9.17, 15) is 13.2 Å². The fourth-order valence-electron chi connectivity index (χ4n) is 2.65. The Morgan fingerprint density at radius 1 is 1.03 bits per heavy atom. The number of anilines is 1. The van der Waals surface area contributed by atoms with Crippen molar-refractivity contribution < 1.29 is 27.4 Å². The maximum Gasteiger partial charge on any atom is 0.243 e. The molecule has 9 heteroatoms. The molecule has 2 rings (SSSR count). The van der Waals surface area contributed by atoms with Crippen LogP contribution < -0.4 is 14.8 Å². The van der Waals surface area contributed by atoms with E-state index in [1.807, 2.05) is 6.92 Å². The van der Waals surface area contributed by atoms with E-state index in [0.29, 0.717) is 37.0 Å². The molecule has 0 fully saturated rings. The molecule has 2 aromatic rings. The highest BCUT2D eigenvalue weighted by atomic mass is 32.2. The molecule has 0 atom stereocenters. The summed E-state index contributed by atoms with van der Waals surface area (Å²) in [6.07, 6.45) is 0. The normalized spacial score (nSPS) is 11.3. The second-order valence-corrected chi connectivity index (χ2v) is 8.17. The second-order valence-electron chi connectivity index (χ2n) is 6.23.